The van der Waals surface area contributed by atoms with E-state index in [2.05, 4.69) is 0 Å². The lowest BCUT2D eigenvalue weighted by molar-refractivity contribution is -0.137. The summed E-state index contributed by atoms with van der Waals surface area (Å²) >= 11 is 0. The van der Waals surface area contributed by atoms with Gasteiger partial charge in [-0.15, -0.1) is 0 Å². The number of rotatable bonds is 12. The third kappa shape index (κ3) is 8.24. The molecule has 0 bridgehead atoms. The van der Waals surface area contributed by atoms with Gasteiger partial charge in [0.15, 0.2) is 0 Å². The average molecular weight is 344 g/mol. The third-order valence-corrected chi connectivity index (χ3v) is 4.45. The van der Waals surface area contributed by atoms with Gasteiger partial charge in [0.25, 0.3) is 0 Å². The Morgan fingerprint density at radius 3 is 2.54 bits per heavy atom. The number of aliphatic hydroxyl groups is 3. The maximum Gasteiger partial charge on any atom is 0.303 e. The summed E-state index contributed by atoms with van der Waals surface area (Å²) in [5, 5.41) is 38.2. The Balaban J connectivity index is 2.15. The van der Waals surface area contributed by atoms with E-state index in [-0.39, 0.29) is 12.5 Å². The first-order valence-electron chi connectivity index (χ1n) is 9.03. The zero-order valence-corrected chi connectivity index (χ0v) is 14.5. The van der Waals surface area contributed by atoms with Crippen molar-refractivity contribution in [1.82, 2.24) is 0 Å². The van der Waals surface area contributed by atoms with E-state index >= 15 is 0 Å². The molecule has 1 heterocycles. The SMILES string of the molecule is CC[C@@H](O)[C@H]1C[C@@H](O)[C@H](/C=C/[C@H](O)CCCCCCCC(=O)O)O1. The summed E-state index contributed by atoms with van der Waals surface area (Å²) in [5.41, 5.74) is 0. The van der Waals surface area contributed by atoms with Gasteiger partial charge in [0.1, 0.15) is 6.10 Å². The second-order valence-corrected chi connectivity index (χ2v) is 6.57. The van der Waals surface area contributed by atoms with E-state index in [9.17, 15) is 20.1 Å². The first kappa shape index (κ1) is 21.1. The van der Waals surface area contributed by atoms with E-state index < -0.39 is 30.4 Å². The van der Waals surface area contributed by atoms with Crippen LogP contribution in [0.2, 0.25) is 0 Å². The van der Waals surface area contributed by atoms with Crippen LogP contribution in [0.15, 0.2) is 12.2 Å². The summed E-state index contributed by atoms with van der Waals surface area (Å²) in [7, 11) is 0. The smallest absolute Gasteiger partial charge is 0.303 e. The van der Waals surface area contributed by atoms with Gasteiger partial charge in [0.05, 0.1) is 24.4 Å². The van der Waals surface area contributed by atoms with Gasteiger partial charge >= 0.3 is 5.97 Å². The summed E-state index contributed by atoms with van der Waals surface area (Å²) in [5.74, 6) is -0.749. The standard InChI is InChI=1S/C18H32O6/c1-2-14(20)17-12-15(21)16(24-17)11-10-13(19)8-6-4-3-5-7-9-18(22)23/h10-11,13-17,19-21H,2-9,12H2,1H3,(H,22,23)/b11-10+/t13-,14-,15-,16+,17-/m1/s1. The highest BCUT2D eigenvalue weighted by Gasteiger charge is 2.35. The molecule has 0 aromatic heterocycles. The molecule has 0 saturated carbocycles. The second-order valence-electron chi connectivity index (χ2n) is 6.57. The van der Waals surface area contributed by atoms with Crippen molar-refractivity contribution in [2.24, 2.45) is 0 Å². The minimum Gasteiger partial charge on any atom is -0.481 e. The van der Waals surface area contributed by atoms with E-state index in [1.807, 2.05) is 6.92 Å². The van der Waals surface area contributed by atoms with Crippen LogP contribution in [0, 0.1) is 0 Å². The molecule has 1 fully saturated rings. The van der Waals surface area contributed by atoms with E-state index in [1.54, 1.807) is 12.2 Å². The number of aliphatic carboxylic acids is 1. The predicted octanol–water partition coefficient (Wildman–Crippen LogP) is 2.01. The molecule has 1 saturated heterocycles. The summed E-state index contributed by atoms with van der Waals surface area (Å²) in [6, 6.07) is 0. The molecule has 1 rings (SSSR count). The van der Waals surface area contributed by atoms with Crippen molar-refractivity contribution in [2.75, 3.05) is 0 Å². The van der Waals surface area contributed by atoms with Gasteiger partial charge in [-0.05, 0) is 19.3 Å². The molecule has 4 N–H and O–H groups in total. The van der Waals surface area contributed by atoms with Crippen LogP contribution in [0.4, 0.5) is 0 Å². The van der Waals surface area contributed by atoms with Crippen LogP contribution in [-0.4, -0.2) is 56.9 Å². The van der Waals surface area contributed by atoms with Gasteiger partial charge in [0, 0.05) is 12.8 Å². The fraction of sp³-hybridized carbons (Fsp3) is 0.833. The van der Waals surface area contributed by atoms with Crippen molar-refractivity contribution in [1.29, 1.82) is 0 Å². The third-order valence-electron chi connectivity index (χ3n) is 4.45. The fourth-order valence-corrected chi connectivity index (χ4v) is 2.90. The monoisotopic (exact) mass is 344 g/mol. The topological polar surface area (TPSA) is 107 Å². The molecule has 1 aliphatic heterocycles. The zero-order chi connectivity index (χ0) is 17.9. The number of hydrogen-bond donors (Lipinski definition) is 4. The molecule has 0 unspecified atom stereocenters. The van der Waals surface area contributed by atoms with Crippen molar-refractivity contribution in [3.05, 3.63) is 12.2 Å². The van der Waals surface area contributed by atoms with E-state index in [1.165, 1.54) is 0 Å². The van der Waals surface area contributed by atoms with Crippen molar-refractivity contribution in [3.8, 4) is 0 Å². The van der Waals surface area contributed by atoms with E-state index in [0.29, 0.717) is 25.7 Å². The highest BCUT2D eigenvalue weighted by atomic mass is 16.5. The lowest BCUT2D eigenvalue weighted by atomic mass is 10.0. The lowest BCUT2D eigenvalue weighted by Gasteiger charge is -2.16. The molecule has 0 aromatic rings. The van der Waals surface area contributed by atoms with Gasteiger partial charge in [-0.3, -0.25) is 4.79 Å². The Bertz CT molecular complexity index is 384. The first-order valence-corrected chi connectivity index (χ1v) is 9.03. The molecule has 0 aromatic carbocycles. The van der Waals surface area contributed by atoms with Crippen molar-refractivity contribution in [2.45, 2.75) is 95.2 Å². The number of carboxylic acid groups (broad SMARTS) is 1. The number of hydrogen-bond acceptors (Lipinski definition) is 5. The normalized spacial score (nSPS) is 26.8. The number of carboxylic acids is 1. The summed E-state index contributed by atoms with van der Waals surface area (Å²) in [6.45, 7) is 1.87. The molecule has 6 heteroatoms. The quantitative estimate of drug-likeness (QED) is 0.319. The first-order chi connectivity index (χ1) is 11.4. The molecule has 0 radical (unpaired) electrons. The van der Waals surface area contributed by atoms with Gasteiger partial charge in [0.2, 0.25) is 0 Å². The molecular weight excluding hydrogens is 312 g/mol. The molecular formula is C18H32O6. The maximum atomic E-state index is 10.4. The summed E-state index contributed by atoms with van der Waals surface area (Å²) in [6.07, 6.45) is 7.04. The van der Waals surface area contributed by atoms with Crippen molar-refractivity contribution in [3.63, 3.8) is 0 Å². The van der Waals surface area contributed by atoms with Gasteiger partial charge in [-0.25, -0.2) is 0 Å². The minimum absolute atomic E-state index is 0.225. The molecule has 140 valence electrons. The van der Waals surface area contributed by atoms with Gasteiger partial charge in [-0.1, -0.05) is 44.8 Å². The largest absolute Gasteiger partial charge is 0.481 e. The summed E-state index contributed by atoms with van der Waals surface area (Å²) in [4.78, 5) is 10.4. The molecule has 24 heavy (non-hydrogen) atoms. The van der Waals surface area contributed by atoms with Crippen molar-refractivity contribution < 1.29 is 30.0 Å². The van der Waals surface area contributed by atoms with Crippen LogP contribution in [0.5, 0.6) is 0 Å². The Hall–Kier alpha value is -0.950. The molecule has 0 amide bonds. The molecule has 6 nitrogen and oxygen atoms in total. The number of carbonyl (C=O) groups is 1. The Morgan fingerprint density at radius 2 is 1.88 bits per heavy atom. The number of aliphatic hydroxyl groups excluding tert-OH is 3. The van der Waals surface area contributed by atoms with Crippen LogP contribution < -0.4 is 0 Å². The second kappa shape index (κ2) is 11.6. The molecule has 5 atom stereocenters. The van der Waals surface area contributed by atoms with Crippen molar-refractivity contribution >= 4 is 5.97 Å². The zero-order valence-electron chi connectivity index (χ0n) is 14.5. The van der Waals surface area contributed by atoms with Crippen LogP contribution in [0.3, 0.4) is 0 Å². The van der Waals surface area contributed by atoms with Crippen LogP contribution >= 0.6 is 0 Å². The molecule has 0 spiro atoms. The van der Waals surface area contributed by atoms with Gasteiger partial charge in [-0.2, -0.15) is 0 Å². The van der Waals surface area contributed by atoms with E-state index in [0.717, 1.165) is 25.7 Å². The maximum absolute atomic E-state index is 10.4. The highest BCUT2D eigenvalue weighted by Crippen LogP contribution is 2.25. The lowest BCUT2D eigenvalue weighted by Crippen LogP contribution is -2.25. The molecule has 1 aliphatic rings. The predicted molar refractivity (Wildman–Crippen MR) is 90.7 cm³/mol. The number of ether oxygens (including phenoxy) is 1. The van der Waals surface area contributed by atoms with E-state index in [4.69, 9.17) is 9.84 Å². The van der Waals surface area contributed by atoms with Gasteiger partial charge < -0.3 is 25.2 Å². The highest BCUT2D eigenvalue weighted by molar-refractivity contribution is 5.66. The summed E-state index contributed by atoms with van der Waals surface area (Å²) < 4.78 is 5.62. The molecule has 0 aliphatic carbocycles. The van der Waals surface area contributed by atoms with Crippen LogP contribution in [0.25, 0.3) is 0 Å². The average Bonchev–Trinajstić information content (AvgIpc) is 2.92. The van der Waals surface area contributed by atoms with Crippen LogP contribution in [0.1, 0.15) is 64.7 Å². The Kier molecular flexibility index (Phi) is 10.2. The Labute approximate surface area is 144 Å². The Morgan fingerprint density at radius 1 is 1.21 bits per heavy atom. The minimum atomic E-state index is -0.749. The fourth-order valence-electron chi connectivity index (χ4n) is 2.90. The van der Waals surface area contributed by atoms with Crippen LogP contribution in [-0.2, 0) is 9.53 Å². The number of unbranched alkanes of at least 4 members (excludes halogenated alkanes) is 4.